The lowest BCUT2D eigenvalue weighted by Crippen LogP contribution is -2.40. The van der Waals surface area contributed by atoms with Crippen LogP contribution in [0.15, 0.2) is 76.8 Å². The number of amides is 2. The van der Waals surface area contributed by atoms with E-state index >= 15 is 0 Å². The first-order chi connectivity index (χ1) is 22.6. The van der Waals surface area contributed by atoms with E-state index in [0.717, 1.165) is 33.4 Å². The molecule has 2 amide bonds. The number of sulfone groups is 1. The Morgan fingerprint density at radius 3 is 2.35 bits per heavy atom. The molecule has 48 heavy (non-hydrogen) atoms. The average molecular weight is 666 g/mol. The van der Waals surface area contributed by atoms with Gasteiger partial charge in [-0.1, -0.05) is 24.3 Å². The van der Waals surface area contributed by atoms with Crippen LogP contribution in [0.5, 0.6) is 0 Å². The predicted molar refractivity (Wildman–Crippen MR) is 184 cm³/mol. The van der Waals surface area contributed by atoms with Gasteiger partial charge in [0.25, 0.3) is 5.91 Å². The summed E-state index contributed by atoms with van der Waals surface area (Å²) < 4.78 is 34.1. The highest BCUT2D eigenvalue weighted by Crippen LogP contribution is 2.37. The molecule has 3 heterocycles. The normalized spacial score (nSPS) is 13.4. The van der Waals surface area contributed by atoms with Crippen LogP contribution in [-0.4, -0.2) is 71.4 Å². The number of aromatic amines is 1. The van der Waals surface area contributed by atoms with E-state index in [-0.39, 0.29) is 27.6 Å². The van der Waals surface area contributed by atoms with Gasteiger partial charge in [0, 0.05) is 50.1 Å². The van der Waals surface area contributed by atoms with Gasteiger partial charge < -0.3 is 19.5 Å². The molecule has 1 aliphatic rings. The van der Waals surface area contributed by atoms with Crippen LogP contribution < -0.4 is 0 Å². The number of nitrogens with zero attached hydrogens (tertiary/aromatic N) is 4. The summed E-state index contributed by atoms with van der Waals surface area (Å²) in [6.45, 7) is 10.2. The summed E-state index contributed by atoms with van der Waals surface area (Å²) in [5.74, 6) is -0.106. The Labute approximate surface area is 280 Å². The first-order valence-electron chi connectivity index (χ1n) is 15.8. The number of aryl methyl sites for hydroxylation is 2. The number of ether oxygens (including phenoxy) is 1. The lowest BCUT2D eigenvalue weighted by atomic mass is 9.92. The van der Waals surface area contributed by atoms with Crippen LogP contribution in [0.25, 0.3) is 33.5 Å². The van der Waals surface area contributed by atoms with Crippen molar-refractivity contribution >= 4 is 33.0 Å². The maximum absolute atomic E-state index is 14.3. The number of rotatable bonds is 5. The van der Waals surface area contributed by atoms with Crippen molar-refractivity contribution in [1.29, 1.82) is 0 Å². The Hall–Kier alpha value is -5.03. The number of nitrogens with one attached hydrogen (secondary N) is 1. The Kier molecular flexibility index (Phi) is 8.36. The molecule has 0 radical (unpaired) electrons. The molecule has 0 aliphatic carbocycles. The van der Waals surface area contributed by atoms with E-state index in [2.05, 4.69) is 4.98 Å². The van der Waals surface area contributed by atoms with Crippen LogP contribution in [0.3, 0.4) is 0 Å². The molecule has 10 nitrogen and oxygen atoms in total. The van der Waals surface area contributed by atoms with Crippen LogP contribution >= 0.6 is 0 Å². The zero-order chi connectivity index (χ0) is 34.5. The first kappa shape index (κ1) is 32.9. The fourth-order valence-corrected chi connectivity index (χ4v) is 7.39. The second-order valence-electron chi connectivity index (χ2n) is 13.5. The molecular weight excluding hydrogens is 627 g/mol. The van der Waals surface area contributed by atoms with Crippen molar-refractivity contribution in [3.63, 3.8) is 0 Å². The topological polar surface area (TPSA) is 126 Å². The minimum Gasteiger partial charge on any atom is -0.444 e. The number of aromatic nitrogens is 3. The molecule has 6 rings (SSSR count). The van der Waals surface area contributed by atoms with Crippen molar-refractivity contribution < 1.29 is 22.7 Å². The number of benzene rings is 3. The zero-order valence-electron chi connectivity index (χ0n) is 28.2. The fourth-order valence-electron chi connectivity index (χ4n) is 5.94. The van der Waals surface area contributed by atoms with Gasteiger partial charge in [0.05, 0.1) is 4.90 Å². The number of carbonyl (C=O) groups excluding carboxylic acids is 2. The highest BCUT2D eigenvalue weighted by atomic mass is 32.2. The molecule has 0 spiro atoms. The van der Waals surface area contributed by atoms with E-state index in [1.165, 1.54) is 4.90 Å². The second-order valence-corrected chi connectivity index (χ2v) is 15.3. The summed E-state index contributed by atoms with van der Waals surface area (Å²) in [6.07, 6.45) is 1.97. The van der Waals surface area contributed by atoms with Gasteiger partial charge in [-0.3, -0.25) is 4.79 Å². The van der Waals surface area contributed by atoms with Crippen LogP contribution in [0.1, 0.15) is 53.4 Å². The van der Waals surface area contributed by atoms with E-state index in [4.69, 9.17) is 14.7 Å². The summed E-state index contributed by atoms with van der Waals surface area (Å²) in [5.41, 5.74) is 6.91. The lowest BCUT2D eigenvalue weighted by Gasteiger charge is -2.32. The van der Waals surface area contributed by atoms with Crippen LogP contribution in [0.2, 0.25) is 0 Å². The molecule has 0 fully saturated rings. The Morgan fingerprint density at radius 2 is 1.69 bits per heavy atom. The van der Waals surface area contributed by atoms with E-state index in [1.54, 1.807) is 55.5 Å². The Bertz CT molecular complexity index is 2180. The minimum absolute atomic E-state index is 0.106. The second kappa shape index (κ2) is 12.2. The molecule has 248 valence electrons. The molecule has 0 saturated carbocycles. The minimum atomic E-state index is -4.09. The molecule has 0 saturated heterocycles. The molecular formula is C37H39N5O5S. The molecule has 0 atom stereocenters. The highest BCUT2D eigenvalue weighted by Gasteiger charge is 2.30. The van der Waals surface area contributed by atoms with E-state index in [0.29, 0.717) is 41.8 Å². The third-order valence-electron chi connectivity index (χ3n) is 8.37. The number of H-pyrrole nitrogens is 1. The third kappa shape index (κ3) is 6.29. The van der Waals surface area contributed by atoms with Crippen molar-refractivity contribution in [3.8, 4) is 22.4 Å². The van der Waals surface area contributed by atoms with Gasteiger partial charge in [-0.25, -0.2) is 23.2 Å². The number of hydrogen-bond acceptors (Lipinski definition) is 7. The smallest absolute Gasteiger partial charge is 0.410 e. The maximum atomic E-state index is 14.3. The molecule has 1 aliphatic heterocycles. The molecule has 3 aromatic carbocycles. The molecule has 0 unspecified atom stereocenters. The molecule has 2 aromatic heterocycles. The third-order valence-corrected chi connectivity index (χ3v) is 10.0. The highest BCUT2D eigenvalue weighted by molar-refractivity contribution is 7.91. The van der Waals surface area contributed by atoms with Crippen molar-refractivity contribution in [1.82, 2.24) is 24.8 Å². The Morgan fingerprint density at radius 1 is 0.958 bits per heavy atom. The summed E-state index contributed by atoms with van der Waals surface area (Å²) >= 11 is 0. The van der Waals surface area contributed by atoms with Gasteiger partial charge in [-0.2, -0.15) is 0 Å². The van der Waals surface area contributed by atoms with E-state index in [9.17, 15) is 18.0 Å². The van der Waals surface area contributed by atoms with Crippen molar-refractivity contribution in [2.75, 3.05) is 20.6 Å². The lowest BCUT2D eigenvalue weighted by molar-refractivity contribution is 0.0223. The van der Waals surface area contributed by atoms with Crippen molar-refractivity contribution in [2.24, 2.45) is 0 Å². The molecule has 1 N–H and O–H groups in total. The van der Waals surface area contributed by atoms with Gasteiger partial charge >= 0.3 is 6.09 Å². The molecule has 11 heteroatoms. The summed E-state index contributed by atoms with van der Waals surface area (Å²) in [5, 5.41) is -0.147. The van der Waals surface area contributed by atoms with Crippen molar-refractivity contribution in [2.45, 2.75) is 63.1 Å². The number of hydrogen-bond donors (Lipinski definition) is 1. The quantitative estimate of drug-likeness (QED) is 0.221. The molecule has 0 bridgehead atoms. The predicted octanol–water partition coefficient (Wildman–Crippen LogP) is 6.74. The average Bonchev–Trinajstić information content (AvgIpc) is 3.46. The first-order valence-corrected chi connectivity index (χ1v) is 17.2. The summed E-state index contributed by atoms with van der Waals surface area (Å²) in [6, 6.07) is 17.8. The van der Waals surface area contributed by atoms with Gasteiger partial charge in [-0.05, 0) is 105 Å². The van der Waals surface area contributed by atoms with Crippen LogP contribution in [-0.2, 0) is 27.5 Å². The van der Waals surface area contributed by atoms with Gasteiger partial charge in [0.1, 0.15) is 16.8 Å². The van der Waals surface area contributed by atoms with Gasteiger partial charge in [0.15, 0.2) is 10.7 Å². The SMILES string of the molecule is Cc1cccc(S(=O)(=O)c2nc3[nH]cc(-c4ccc(C(=O)N(C)C)cc4)c3nc2-c2cc(C)c3c(c2)CCN(C(=O)OC(C)(C)C)C3)c1. The van der Waals surface area contributed by atoms with Crippen LogP contribution in [0, 0.1) is 13.8 Å². The maximum Gasteiger partial charge on any atom is 0.410 e. The number of carbonyl (C=O) groups is 2. The van der Waals surface area contributed by atoms with Gasteiger partial charge in [-0.15, -0.1) is 0 Å². The van der Waals surface area contributed by atoms with E-state index in [1.807, 2.05) is 65.0 Å². The number of fused-ring (bicyclic) bond motifs is 2. The molecule has 5 aromatic rings. The van der Waals surface area contributed by atoms with E-state index < -0.39 is 15.4 Å². The fraction of sp³-hybridized carbons (Fsp3) is 0.297. The van der Waals surface area contributed by atoms with Crippen molar-refractivity contribution in [3.05, 3.63) is 94.7 Å². The monoisotopic (exact) mass is 665 g/mol. The summed E-state index contributed by atoms with van der Waals surface area (Å²) in [7, 11) is -0.681. The zero-order valence-corrected chi connectivity index (χ0v) is 29.0. The van der Waals surface area contributed by atoms with Gasteiger partial charge in [0.2, 0.25) is 9.84 Å². The largest absolute Gasteiger partial charge is 0.444 e. The van der Waals surface area contributed by atoms with Crippen LogP contribution in [0.4, 0.5) is 4.79 Å². The summed E-state index contributed by atoms with van der Waals surface area (Å²) in [4.78, 5) is 41.6. The Balaban J connectivity index is 1.49. The standard InChI is InChI=1S/C37H39N5O5S/c1-22-9-8-10-28(17-22)48(45,46)34-31(27-18-23(2)30-21-42(16-15-26(30)19-27)36(44)47-37(3,4)5)39-32-29(20-38-33(32)40-34)24-11-13-25(14-12-24)35(43)41(6)7/h8-14,17-20H,15-16,21H2,1-7H3,(H,38,40).